The standard InChI is InChI=1S/2C21H23N7.C20H21N7O.C19H16N8S.C18H15N7S/c1-27-14-17(12-25-27)19-13-24-21-20(23-10-11-28(19)21)26-18-4-2-15(3-5-18)16-6-8-22-9-7-16;1-27-14-17(12-25-27)19-13-24-21-20(23-9-10-28(19)21)26-18-6-4-15(5-7-18)16-3-2-8-22-11-16;1-25-14-15(12-23-25)18-13-22-20-19(21-6-7-27(18)20)24-16-2-4-17(5-3-16)26-8-10-28-11-9-26;1-26-10-13(8-23-26)16-9-22-18-17(21-5-6-27(16)18)24-14-4-2-3-12(7-14)15-11-28-19(20)25-15;1-11-22-14-4-3-13(7-16(14)26-11)23-17-18-20-9-15(25(18)6-5-19-17)12-8-21-24(2)10-12/h2-5,10-14,16,22H,6-9H2,1H3,(H,23,26);4-7,9-10,12-14,16,22H,2-3,8,11H2,1H3,(H,23,26);2-7,12-14H,8-11H2,1H3,(H,21,24);2-11H,1H3,(H2,20,25)(H,21,24);3-10H,1-2H3,(H,19,23). The Labute approximate surface area is 799 Å². The Balaban J connectivity index is 0.000000103. The van der Waals surface area contributed by atoms with Gasteiger partial charge in [-0.05, 0) is 154 Å². The molecular weight excluding hydrogens is 1770 g/mol. The van der Waals surface area contributed by atoms with Gasteiger partial charge in [0.25, 0.3) is 0 Å². The van der Waals surface area contributed by atoms with Crippen molar-refractivity contribution in [3.63, 3.8) is 0 Å². The minimum atomic E-state index is 0.556. The first-order valence-corrected chi connectivity index (χ1v) is 47.0. The van der Waals surface area contributed by atoms with Gasteiger partial charge in [0, 0.05) is 221 Å². The molecule has 0 spiro atoms. The van der Waals surface area contributed by atoms with Crippen molar-refractivity contribution in [3.05, 3.63) is 292 Å². The van der Waals surface area contributed by atoms with Crippen molar-refractivity contribution < 1.29 is 4.74 Å². The van der Waals surface area contributed by atoms with Crippen LogP contribution in [0.4, 0.5) is 68.3 Å². The van der Waals surface area contributed by atoms with E-state index < -0.39 is 0 Å². The number of aryl methyl sites for hydroxylation is 6. The Morgan fingerprint density at radius 3 is 1.14 bits per heavy atom. The molecule has 25 rings (SSSR count). The third-order valence-electron chi connectivity index (χ3n) is 24.3. The van der Waals surface area contributed by atoms with E-state index in [0.717, 1.165) is 209 Å². The number of hydrogen-bond donors (Lipinski definition) is 8. The zero-order valence-corrected chi connectivity index (χ0v) is 78.1. The maximum Gasteiger partial charge on any atom is 0.180 e. The zero-order chi connectivity index (χ0) is 93.5. The van der Waals surface area contributed by atoms with Crippen LogP contribution in [0.3, 0.4) is 0 Å². The summed E-state index contributed by atoms with van der Waals surface area (Å²) in [5.74, 6) is 4.86. The molecule has 3 aliphatic heterocycles. The van der Waals surface area contributed by atoms with E-state index in [0.29, 0.717) is 28.6 Å². The Bertz CT molecular complexity index is 7540. The number of nitrogens with two attached hydrogens (primary N) is 1. The van der Waals surface area contributed by atoms with Crippen LogP contribution in [0, 0.1) is 6.92 Å². The predicted molar refractivity (Wildman–Crippen MR) is 541 cm³/mol. The lowest BCUT2D eigenvalue weighted by molar-refractivity contribution is 0.122. The van der Waals surface area contributed by atoms with E-state index in [1.807, 2.05) is 230 Å². The van der Waals surface area contributed by atoms with Crippen molar-refractivity contribution >= 4 is 129 Å². The molecule has 3 saturated heterocycles. The van der Waals surface area contributed by atoms with Gasteiger partial charge in [-0.3, -0.25) is 45.4 Å². The van der Waals surface area contributed by atoms with E-state index in [9.17, 15) is 0 Å². The number of nitrogen functional groups attached to an aromatic ring is 1. The number of morpholine rings is 1. The molecular formula is C99H98N36OS2. The molecule has 3 fully saturated rings. The highest BCUT2D eigenvalue weighted by atomic mass is 32.1. The molecule has 0 amide bonds. The minimum absolute atomic E-state index is 0.556. The van der Waals surface area contributed by atoms with Crippen molar-refractivity contribution in [3.8, 4) is 67.5 Å². The lowest BCUT2D eigenvalue weighted by Gasteiger charge is -2.28. The second-order valence-corrected chi connectivity index (χ2v) is 35.9. The van der Waals surface area contributed by atoms with Crippen LogP contribution < -0.4 is 47.9 Å². The van der Waals surface area contributed by atoms with Crippen molar-refractivity contribution in [2.75, 3.05) is 89.7 Å². The average Bonchev–Trinajstić information content (AvgIpc) is 1.65. The lowest BCUT2D eigenvalue weighted by atomic mass is 9.90. The van der Waals surface area contributed by atoms with Crippen molar-refractivity contribution in [1.82, 2.24) is 141 Å². The lowest BCUT2D eigenvalue weighted by Crippen LogP contribution is -2.36. The van der Waals surface area contributed by atoms with Gasteiger partial charge in [0.1, 0.15) is 0 Å². The molecule has 17 aromatic heterocycles. The number of imidazole rings is 5. The Morgan fingerprint density at radius 1 is 0.384 bits per heavy atom. The van der Waals surface area contributed by atoms with Crippen LogP contribution in [0.25, 0.3) is 106 Å². The average molecular weight is 1870 g/mol. The molecule has 9 N–H and O–H groups in total. The van der Waals surface area contributed by atoms with Crippen LogP contribution in [-0.4, -0.2) is 183 Å². The van der Waals surface area contributed by atoms with E-state index in [2.05, 4.69) is 206 Å². The molecule has 1 atom stereocenters. The molecule has 692 valence electrons. The van der Waals surface area contributed by atoms with Gasteiger partial charge in [-0.25, -0.2) is 59.8 Å². The van der Waals surface area contributed by atoms with Gasteiger partial charge in [-0.1, -0.05) is 36.4 Å². The summed E-state index contributed by atoms with van der Waals surface area (Å²) in [6.45, 7) is 9.86. The van der Waals surface area contributed by atoms with Crippen LogP contribution in [0.2, 0.25) is 0 Å². The molecule has 0 saturated carbocycles. The third-order valence-corrected chi connectivity index (χ3v) is 25.9. The van der Waals surface area contributed by atoms with Crippen LogP contribution in [0.1, 0.15) is 53.7 Å². The van der Waals surface area contributed by atoms with Gasteiger partial charge < -0.3 is 52.6 Å². The number of thiazole rings is 2. The molecule has 138 heavy (non-hydrogen) atoms. The van der Waals surface area contributed by atoms with Crippen LogP contribution >= 0.6 is 22.7 Å². The predicted octanol–water partition coefficient (Wildman–Crippen LogP) is 16.8. The van der Waals surface area contributed by atoms with E-state index in [-0.39, 0.29) is 0 Å². The number of nitrogens with zero attached hydrogens (tertiary/aromatic N) is 28. The summed E-state index contributed by atoms with van der Waals surface area (Å²) in [7, 11) is 9.52. The number of aromatic nitrogens is 27. The molecule has 20 heterocycles. The number of nitrogens with one attached hydrogen (secondary N) is 7. The molecule has 39 heteroatoms. The zero-order valence-electron chi connectivity index (χ0n) is 76.4. The van der Waals surface area contributed by atoms with Gasteiger partial charge in [-0.15, -0.1) is 22.7 Å². The molecule has 1 unspecified atom stereocenters. The van der Waals surface area contributed by atoms with Crippen LogP contribution in [0.15, 0.2) is 276 Å². The molecule has 0 bridgehead atoms. The highest BCUT2D eigenvalue weighted by Crippen LogP contribution is 2.37. The summed E-state index contributed by atoms with van der Waals surface area (Å²) in [6, 6.07) is 39.9. The largest absolute Gasteiger partial charge is 0.378 e. The van der Waals surface area contributed by atoms with Crippen molar-refractivity contribution in [1.29, 1.82) is 0 Å². The monoisotopic (exact) mass is 1870 g/mol. The van der Waals surface area contributed by atoms with Crippen molar-refractivity contribution in [2.45, 2.75) is 44.4 Å². The number of ether oxygens (including phenoxy) is 1. The van der Waals surface area contributed by atoms with E-state index in [1.165, 1.54) is 53.8 Å². The Kier molecular flexibility index (Phi) is 25.1. The van der Waals surface area contributed by atoms with Crippen molar-refractivity contribution in [2.24, 2.45) is 35.2 Å². The maximum atomic E-state index is 5.76. The fourth-order valence-electron chi connectivity index (χ4n) is 17.4. The molecule has 0 aliphatic carbocycles. The van der Waals surface area contributed by atoms with Gasteiger partial charge in [0.2, 0.25) is 0 Å². The Morgan fingerprint density at radius 2 is 0.768 bits per heavy atom. The highest BCUT2D eigenvalue weighted by molar-refractivity contribution is 7.18. The second kappa shape index (κ2) is 39.4. The van der Waals surface area contributed by atoms with E-state index in [4.69, 9.17) is 10.5 Å². The second-order valence-electron chi connectivity index (χ2n) is 33.7. The van der Waals surface area contributed by atoms with E-state index in [1.54, 1.807) is 65.7 Å². The summed E-state index contributed by atoms with van der Waals surface area (Å²) in [4.78, 5) is 56.5. The number of benzene rings is 5. The minimum Gasteiger partial charge on any atom is -0.378 e. The number of rotatable bonds is 19. The Hall–Kier alpha value is -16.8. The fourth-order valence-corrected chi connectivity index (χ4v) is 18.8. The maximum absolute atomic E-state index is 5.76. The fraction of sp³-hybridized carbons (Fsp3) is 0.202. The SMILES string of the molecule is Cc1nc2ccc(Nc3nccn4c(-c5cnn(C)c5)cnc34)cc2s1.Cn1cc(-c2cnc3c(Nc4ccc(C5CCCNC5)cc4)nccn23)cn1.Cn1cc(-c2cnc3c(Nc4ccc(C5CCNCC5)cc4)nccn23)cn1.Cn1cc(-c2cnc3c(Nc4ccc(N5CCOCC5)cc4)nccn23)cn1.Cn1cc(-c2cnc3c(Nc4cccc(-c5csc(N)n5)c4)nccn23)cn1. The smallest absolute Gasteiger partial charge is 0.180 e. The molecule has 37 nitrogen and oxygen atoms in total. The van der Waals surface area contributed by atoms with E-state index >= 15 is 0 Å². The van der Waals surface area contributed by atoms with Crippen LogP contribution in [-0.2, 0) is 40.0 Å². The topological polar surface area (TPSA) is 389 Å². The first-order chi connectivity index (χ1) is 67.7. The number of fused-ring (bicyclic) bond motifs is 6. The molecule has 5 aromatic carbocycles. The number of hydrogen-bond acceptors (Lipinski definition) is 29. The summed E-state index contributed by atoms with van der Waals surface area (Å²) < 4.78 is 25.6. The van der Waals surface area contributed by atoms with Crippen LogP contribution in [0.5, 0.6) is 0 Å². The molecule has 3 aliphatic rings. The first-order valence-electron chi connectivity index (χ1n) is 45.3. The summed E-state index contributed by atoms with van der Waals surface area (Å²) in [6.07, 6.45) is 51.6. The number of piperidine rings is 2. The molecule has 0 radical (unpaired) electrons. The number of anilines is 12. The first kappa shape index (κ1) is 87.9. The summed E-state index contributed by atoms with van der Waals surface area (Å²) in [5.41, 5.74) is 31.4. The third kappa shape index (κ3) is 19.4. The highest BCUT2D eigenvalue weighted by Gasteiger charge is 2.23. The molecule has 22 aromatic rings. The quantitative estimate of drug-likeness (QED) is 0.0373. The van der Waals surface area contributed by atoms with Gasteiger partial charge in [-0.2, -0.15) is 25.5 Å². The van der Waals surface area contributed by atoms with Gasteiger partial charge >= 0.3 is 0 Å². The summed E-state index contributed by atoms with van der Waals surface area (Å²) >= 11 is 3.11. The summed E-state index contributed by atoms with van der Waals surface area (Å²) in [5, 5.41) is 48.7. The normalized spacial score (nSPS) is 13.9. The van der Waals surface area contributed by atoms with Gasteiger partial charge in [0.15, 0.2) is 62.5 Å². The van der Waals surface area contributed by atoms with Gasteiger partial charge in [0.05, 0.1) is 125 Å².